The van der Waals surface area contributed by atoms with Gasteiger partial charge in [-0.2, -0.15) is 0 Å². The molecule has 0 fully saturated rings. The Bertz CT molecular complexity index is 446. The fourth-order valence-electron chi connectivity index (χ4n) is 2.03. The molecule has 25 heavy (non-hydrogen) atoms. The van der Waals surface area contributed by atoms with Crippen molar-refractivity contribution in [3.63, 3.8) is 0 Å². The van der Waals surface area contributed by atoms with E-state index in [4.69, 9.17) is 9.47 Å². The van der Waals surface area contributed by atoms with E-state index in [2.05, 4.69) is 16.0 Å². The van der Waals surface area contributed by atoms with Gasteiger partial charge < -0.3 is 25.4 Å². The van der Waals surface area contributed by atoms with Crippen LogP contribution in [0, 0.1) is 5.92 Å². The first-order valence-corrected chi connectivity index (χ1v) is 8.65. The van der Waals surface area contributed by atoms with Crippen LogP contribution in [0.1, 0.15) is 54.9 Å². The summed E-state index contributed by atoms with van der Waals surface area (Å²) in [7, 11) is 0. The van der Waals surface area contributed by atoms with Crippen LogP contribution in [0.3, 0.4) is 0 Å². The third kappa shape index (κ3) is 12.1. The van der Waals surface area contributed by atoms with Gasteiger partial charge in [0.2, 0.25) is 5.91 Å². The van der Waals surface area contributed by atoms with Crippen LogP contribution in [0.5, 0.6) is 0 Å². The molecule has 8 heteroatoms. The molecule has 0 aliphatic rings. The van der Waals surface area contributed by atoms with Crippen LogP contribution in [-0.4, -0.2) is 48.9 Å². The highest BCUT2D eigenvalue weighted by atomic mass is 16.6. The summed E-state index contributed by atoms with van der Waals surface area (Å²) in [4.78, 5) is 35.4. The van der Waals surface area contributed by atoms with Crippen molar-refractivity contribution in [2.45, 2.75) is 72.6 Å². The predicted octanol–water partition coefficient (Wildman–Crippen LogP) is 2.18. The van der Waals surface area contributed by atoms with Crippen molar-refractivity contribution in [1.82, 2.24) is 16.0 Å². The van der Waals surface area contributed by atoms with Gasteiger partial charge in [0.15, 0.2) is 0 Å². The first-order chi connectivity index (χ1) is 11.4. The molecule has 146 valence electrons. The molecule has 0 aliphatic heterocycles. The van der Waals surface area contributed by atoms with Crippen LogP contribution in [0.2, 0.25) is 0 Å². The minimum atomic E-state index is -0.753. The van der Waals surface area contributed by atoms with E-state index < -0.39 is 23.8 Å². The van der Waals surface area contributed by atoms with E-state index in [1.54, 1.807) is 34.6 Å². The molecule has 0 saturated carbocycles. The minimum absolute atomic E-state index is 0.246. The maximum Gasteiger partial charge on any atom is 0.408 e. The lowest BCUT2D eigenvalue weighted by Gasteiger charge is -2.23. The predicted molar refractivity (Wildman–Crippen MR) is 95.2 cm³/mol. The van der Waals surface area contributed by atoms with Gasteiger partial charge in [-0.3, -0.25) is 4.79 Å². The van der Waals surface area contributed by atoms with Crippen LogP contribution in [0.4, 0.5) is 9.59 Å². The van der Waals surface area contributed by atoms with E-state index in [9.17, 15) is 14.4 Å². The van der Waals surface area contributed by atoms with Gasteiger partial charge in [-0.1, -0.05) is 13.8 Å². The number of alkyl carbamates (subject to hydrolysis) is 2. The molecule has 2 atom stereocenters. The van der Waals surface area contributed by atoms with Gasteiger partial charge in [-0.15, -0.1) is 0 Å². The quantitative estimate of drug-likeness (QED) is 0.616. The third-order valence-corrected chi connectivity index (χ3v) is 3.00. The van der Waals surface area contributed by atoms with E-state index in [0.29, 0.717) is 12.3 Å². The van der Waals surface area contributed by atoms with Gasteiger partial charge in [-0.05, 0) is 47.0 Å². The highest BCUT2D eigenvalue weighted by Crippen LogP contribution is 2.07. The van der Waals surface area contributed by atoms with E-state index in [1.165, 1.54) is 0 Å². The molecule has 0 saturated heterocycles. The van der Waals surface area contributed by atoms with Crippen LogP contribution >= 0.6 is 0 Å². The average Bonchev–Trinajstić information content (AvgIpc) is 2.41. The summed E-state index contributed by atoms with van der Waals surface area (Å²) in [5.41, 5.74) is -0.633. The molecule has 0 rings (SSSR count). The number of amides is 3. The Morgan fingerprint density at radius 3 is 2.08 bits per heavy atom. The van der Waals surface area contributed by atoms with E-state index >= 15 is 0 Å². The lowest BCUT2D eigenvalue weighted by atomic mass is 10.0. The van der Waals surface area contributed by atoms with Crippen LogP contribution in [-0.2, 0) is 14.3 Å². The zero-order chi connectivity index (χ0) is 19.6. The maximum absolute atomic E-state index is 12.1. The Kier molecular flexibility index (Phi) is 9.93. The summed E-state index contributed by atoms with van der Waals surface area (Å²) in [5.74, 6) is -0.0218. The van der Waals surface area contributed by atoms with E-state index in [0.717, 1.165) is 0 Å². The zero-order valence-electron chi connectivity index (χ0n) is 16.4. The highest BCUT2D eigenvalue weighted by molar-refractivity contribution is 5.85. The van der Waals surface area contributed by atoms with Crippen LogP contribution in [0.15, 0.2) is 0 Å². The number of carbonyl (C=O) groups excluding carboxylic acids is 3. The zero-order valence-corrected chi connectivity index (χ0v) is 16.4. The summed E-state index contributed by atoms with van der Waals surface area (Å²) in [6.07, 6.45) is -0.478. The molecular formula is C17H33N3O5. The molecule has 0 spiro atoms. The van der Waals surface area contributed by atoms with Gasteiger partial charge in [0.25, 0.3) is 0 Å². The van der Waals surface area contributed by atoms with Gasteiger partial charge in [0, 0.05) is 12.6 Å². The van der Waals surface area contributed by atoms with Gasteiger partial charge in [0.05, 0.1) is 6.61 Å². The largest absolute Gasteiger partial charge is 0.450 e. The number of hydrogen-bond acceptors (Lipinski definition) is 5. The van der Waals surface area contributed by atoms with Crippen molar-refractivity contribution in [1.29, 1.82) is 0 Å². The van der Waals surface area contributed by atoms with Crippen molar-refractivity contribution in [2.75, 3.05) is 13.2 Å². The van der Waals surface area contributed by atoms with Gasteiger partial charge in [0.1, 0.15) is 11.6 Å². The second-order valence-electron chi connectivity index (χ2n) is 7.30. The molecule has 0 aromatic heterocycles. The smallest absolute Gasteiger partial charge is 0.408 e. The summed E-state index contributed by atoms with van der Waals surface area (Å²) in [6, 6.07) is -1.01. The van der Waals surface area contributed by atoms with Crippen molar-refractivity contribution in [2.24, 2.45) is 5.92 Å². The van der Waals surface area contributed by atoms with E-state index in [-0.39, 0.29) is 25.1 Å². The summed E-state index contributed by atoms with van der Waals surface area (Å²) in [5, 5.41) is 7.93. The number of hydrogen-bond donors (Lipinski definition) is 3. The Balaban J connectivity index is 4.47. The molecule has 8 nitrogen and oxygen atoms in total. The Hall–Kier alpha value is -1.99. The summed E-state index contributed by atoms with van der Waals surface area (Å²) < 4.78 is 9.98. The second-order valence-corrected chi connectivity index (χ2v) is 7.30. The number of rotatable bonds is 8. The number of carbonyl (C=O) groups is 3. The molecule has 0 aliphatic carbocycles. The molecule has 0 aromatic carbocycles. The average molecular weight is 359 g/mol. The SMILES string of the molecule is CCOC(=O)NC(CNC(=O)C(C)NC(=O)OC(C)(C)C)CC(C)C. The lowest BCUT2D eigenvalue weighted by Crippen LogP contribution is -2.50. The standard InChI is InChI=1S/C17H33N3O5/c1-8-24-15(22)20-13(9-11(2)3)10-18-14(21)12(4)19-16(23)25-17(5,6)7/h11-13H,8-10H2,1-7H3,(H,18,21)(H,19,23)(H,20,22). The fourth-order valence-corrected chi connectivity index (χ4v) is 2.03. The maximum atomic E-state index is 12.1. The number of ether oxygens (including phenoxy) is 2. The first-order valence-electron chi connectivity index (χ1n) is 8.65. The third-order valence-electron chi connectivity index (χ3n) is 3.00. The summed E-state index contributed by atoms with van der Waals surface area (Å²) >= 11 is 0. The Morgan fingerprint density at radius 2 is 1.60 bits per heavy atom. The Morgan fingerprint density at radius 1 is 1.00 bits per heavy atom. The number of nitrogens with one attached hydrogen (secondary N) is 3. The molecular weight excluding hydrogens is 326 g/mol. The molecule has 2 unspecified atom stereocenters. The minimum Gasteiger partial charge on any atom is -0.450 e. The molecule has 0 bridgehead atoms. The molecule has 3 amide bonds. The lowest BCUT2D eigenvalue weighted by molar-refractivity contribution is -0.122. The molecule has 0 heterocycles. The first kappa shape index (κ1) is 23.0. The topological polar surface area (TPSA) is 106 Å². The van der Waals surface area contributed by atoms with E-state index in [1.807, 2.05) is 13.8 Å². The Labute approximate surface area is 150 Å². The van der Waals surface area contributed by atoms with Crippen molar-refractivity contribution in [3.8, 4) is 0 Å². The normalized spacial score (nSPS) is 13.6. The van der Waals surface area contributed by atoms with Crippen molar-refractivity contribution in [3.05, 3.63) is 0 Å². The monoisotopic (exact) mass is 359 g/mol. The fraction of sp³-hybridized carbons (Fsp3) is 0.824. The second kappa shape index (κ2) is 10.8. The summed E-state index contributed by atoms with van der Waals surface area (Å²) in [6.45, 7) is 13.1. The molecule has 0 radical (unpaired) electrons. The van der Waals surface area contributed by atoms with Crippen molar-refractivity contribution >= 4 is 18.1 Å². The molecule has 3 N–H and O–H groups in total. The van der Waals surface area contributed by atoms with Crippen LogP contribution < -0.4 is 16.0 Å². The highest BCUT2D eigenvalue weighted by Gasteiger charge is 2.22. The van der Waals surface area contributed by atoms with Gasteiger partial charge in [-0.25, -0.2) is 9.59 Å². The van der Waals surface area contributed by atoms with Crippen molar-refractivity contribution < 1.29 is 23.9 Å². The molecule has 0 aromatic rings. The van der Waals surface area contributed by atoms with Crippen LogP contribution in [0.25, 0.3) is 0 Å². The van der Waals surface area contributed by atoms with Gasteiger partial charge >= 0.3 is 12.2 Å².